The van der Waals surface area contributed by atoms with E-state index in [0.29, 0.717) is 0 Å². The minimum Gasteiger partial charge on any atom is -0.449 e. The van der Waals surface area contributed by atoms with Crippen LogP contribution in [0.1, 0.15) is 27.2 Å². The van der Waals surface area contributed by atoms with Gasteiger partial charge in [-0.05, 0) is 73.5 Å². The number of rotatable bonds is 4. The van der Waals surface area contributed by atoms with Gasteiger partial charge in [-0.1, -0.05) is 22.0 Å². The highest BCUT2D eigenvalue weighted by Crippen LogP contribution is 2.39. The first kappa shape index (κ1) is 23.6. The van der Waals surface area contributed by atoms with Gasteiger partial charge in [0.15, 0.2) is 0 Å². The fourth-order valence-corrected chi connectivity index (χ4v) is 3.63. The zero-order valence-corrected chi connectivity index (χ0v) is 19.4. The van der Waals surface area contributed by atoms with E-state index in [9.17, 15) is 22.8 Å². The minimum absolute atomic E-state index is 0.0784. The van der Waals surface area contributed by atoms with Crippen LogP contribution >= 0.6 is 15.9 Å². The molecule has 0 amide bonds. The van der Waals surface area contributed by atoms with E-state index in [1.807, 2.05) is 6.07 Å². The molecular formula is C25H16BrF3O5. The van der Waals surface area contributed by atoms with Gasteiger partial charge >= 0.3 is 12.1 Å². The van der Waals surface area contributed by atoms with Crippen LogP contribution < -0.4 is 14.9 Å². The summed E-state index contributed by atoms with van der Waals surface area (Å²) in [5, 5.41) is -0.157. The third-order valence-corrected chi connectivity index (χ3v) is 5.31. The molecular weight excluding hydrogens is 517 g/mol. The third-order valence-electron chi connectivity index (χ3n) is 4.79. The molecule has 0 fully saturated rings. The SMILES string of the molecule is Cc1cc(C)cc(Oc2c(C(F)(F)F)oc3cc(OC(=O)c4ccc(Br)cc4)ccc3c2=O)c1. The molecule has 0 aliphatic heterocycles. The van der Waals surface area contributed by atoms with E-state index in [1.54, 1.807) is 26.0 Å². The number of benzene rings is 3. The molecule has 0 unspecified atom stereocenters. The lowest BCUT2D eigenvalue weighted by Gasteiger charge is -2.14. The van der Waals surface area contributed by atoms with Crippen molar-refractivity contribution in [2.45, 2.75) is 20.0 Å². The molecule has 0 aliphatic rings. The Morgan fingerprint density at radius 3 is 2.18 bits per heavy atom. The van der Waals surface area contributed by atoms with Gasteiger partial charge in [-0.25, -0.2) is 4.79 Å². The van der Waals surface area contributed by atoms with Crippen molar-refractivity contribution in [2.75, 3.05) is 0 Å². The van der Waals surface area contributed by atoms with Crippen LogP contribution in [0.2, 0.25) is 0 Å². The van der Waals surface area contributed by atoms with Crippen molar-refractivity contribution in [3.05, 3.63) is 97.8 Å². The van der Waals surface area contributed by atoms with Crippen LogP contribution in [0.15, 0.2) is 74.3 Å². The van der Waals surface area contributed by atoms with Crippen LogP contribution in [0.4, 0.5) is 13.2 Å². The molecule has 174 valence electrons. The molecule has 0 atom stereocenters. The Hall–Kier alpha value is -3.59. The fraction of sp³-hybridized carbons (Fsp3) is 0.120. The van der Waals surface area contributed by atoms with Crippen LogP contribution in [-0.4, -0.2) is 5.97 Å². The Bertz CT molecular complexity index is 1440. The van der Waals surface area contributed by atoms with Gasteiger partial charge in [-0.15, -0.1) is 0 Å². The number of hydrogen-bond acceptors (Lipinski definition) is 5. The topological polar surface area (TPSA) is 65.7 Å². The lowest BCUT2D eigenvalue weighted by atomic mass is 10.1. The van der Waals surface area contributed by atoms with Crippen LogP contribution in [-0.2, 0) is 6.18 Å². The molecule has 0 N–H and O–H groups in total. The maximum Gasteiger partial charge on any atom is 0.453 e. The first-order valence-corrected chi connectivity index (χ1v) is 10.7. The van der Waals surface area contributed by atoms with Gasteiger partial charge < -0.3 is 13.9 Å². The number of alkyl halides is 3. The second kappa shape index (κ2) is 8.98. The first-order valence-electron chi connectivity index (χ1n) is 9.93. The zero-order chi connectivity index (χ0) is 24.6. The summed E-state index contributed by atoms with van der Waals surface area (Å²) in [6.07, 6.45) is -5.01. The fourth-order valence-electron chi connectivity index (χ4n) is 3.36. The predicted octanol–water partition coefficient (Wildman–Crippen LogP) is 7.20. The van der Waals surface area contributed by atoms with Crippen LogP contribution in [0.25, 0.3) is 11.0 Å². The standard InChI is InChI=1S/C25H16BrF3O5/c1-13-9-14(2)11-18(10-13)32-22-21(30)19-8-7-17(12-20(19)34-23(22)25(27,28)29)33-24(31)15-3-5-16(26)6-4-15/h3-12H,1-2H3. The molecule has 5 nitrogen and oxygen atoms in total. The van der Waals surface area contributed by atoms with Crippen molar-refractivity contribution in [2.24, 2.45) is 0 Å². The summed E-state index contributed by atoms with van der Waals surface area (Å²) in [6.45, 7) is 3.51. The number of hydrogen-bond donors (Lipinski definition) is 0. The number of fused-ring (bicyclic) bond motifs is 1. The Balaban J connectivity index is 1.76. The van der Waals surface area contributed by atoms with Gasteiger partial charge in [0.1, 0.15) is 17.1 Å². The quantitative estimate of drug-likeness (QED) is 0.205. The van der Waals surface area contributed by atoms with E-state index in [4.69, 9.17) is 13.9 Å². The molecule has 1 heterocycles. The van der Waals surface area contributed by atoms with Crippen LogP contribution in [0.3, 0.4) is 0 Å². The molecule has 34 heavy (non-hydrogen) atoms. The second-order valence-corrected chi connectivity index (χ2v) is 8.48. The Kier molecular flexibility index (Phi) is 6.22. The van der Waals surface area contributed by atoms with Gasteiger partial charge in [0, 0.05) is 10.5 Å². The smallest absolute Gasteiger partial charge is 0.449 e. The Morgan fingerprint density at radius 2 is 1.56 bits per heavy atom. The molecule has 9 heteroatoms. The van der Waals surface area contributed by atoms with Gasteiger partial charge in [-0.2, -0.15) is 13.2 Å². The average Bonchev–Trinajstić information content (AvgIpc) is 2.74. The summed E-state index contributed by atoms with van der Waals surface area (Å²) in [4.78, 5) is 25.3. The monoisotopic (exact) mass is 532 g/mol. The van der Waals surface area contributed by atoms with Crippen molar-refractivity contribution < 1.29 is 31.9 Å². The second-order valence-electron chi connectivity index (χ2n) is 7.57. The van der Waals surface area contributed by atoms with Crippen LogP contribution in [0, 0.1) is 13.8 Å². The molecule has 0 saturated carbocycles. The average molecular weight is 533 g/mol. The van der Waals surface area contributed by atoms with Crippen molar-refractivity contribution in [1.29, 1.82) is 0 Å². The number of carbonyl (C=O) groups excluding carboxylic acids is 1. The first-order chi connectivity index (χ1) is 16.0. The van der Waals surface area contributed by atoms with E-state index < -0.39 is 34.7 Å². The largest absolute Gasteiger partial charge is 0.453 e. The number of carbonyl (C=O) groups is 1. The number of aryl methyl sites for hydroxylation is 2. The van der Waals surface area contributed by atoms with Gasteiger partial charge in [-0.3, -0.25) is 4.79 Å². The molecule has 4 aromatic rings. The van der Waals surface area contributed by atoms with Crippen molar-refractivity contribution in [3.63, 3.8) is 0 Å². The summed E-state index contributed by atoms with van der Waals surface area (Å²) < 4.78 is 57.8. The van der Waals surface area contributed by atoms with Crippen molar-refractivity contribution in [1.82, 2.24) is 0 Å². The van der Waals surface area contributed by atoms with E-state index >= 15 is 0 Å². The normalized spacial score (nSPS) is 11.5. The molecule has 0 aliphatic carbocycles. The summed E-state index contributed by atoms with van der Waals surface area (Å²) in [5.41, 5.74) is 0.347. The lowest BCUT2D eigenvalue weighted by molar-refractivity contribution is -0.154. The third kappa shape index (κ3) is 4.99. The predicted molar refractivity (Wildman–Crippen MR) is 123 cm³/mol. The minimum atomic E-state index is -5.01. The van der Waals surface area contributed by atoms with Crippen LogP contribution in [0.5, 0.6) is 17.2 Å². The van der Waals surface area contributed by atoms with Gasteiger partial charge in [0.25, 0.3) is 5.76 Å². The maximum absolute atomic E-state index is 13.8. The molecule has 4 rings (SSSR count). The van der Waals surface area contributed by atoms with E-state index in [2.05, 4.69) is 15.9 Å². The Labute approximate surface area is 199 Å². The van der Waals surface area contributed by atoms with E-state index in [0.717, 1.165) is 21.7 Å². The highest BCUT2D eigenvalue weighted by Gasteiger charge is 2.40. The summed E-state index contributed by atoms with van der Waals surface area (Å²) in [7, 11) is 0. The summed E-state index contributed by atoms with van der Waals surface area (Å²) in [6, 6.07) is 14.7. The highest BCUT2D eigenvalue weighted by molar-refractivity contribution is 9.10. The van der Waals surface area contributed by atoms with Gasteiger partial charge in [0.2, 0.25) is 11.2 Å². The number of halogens is 4. The van der Waals surface area contributed by atoms with E-state index in [-0.39, 0.29) is 22.4 Å². The zero-order valence-electron chi connectivity index (χ0n) is 17.8. The number of esters is 1. The van der Waals surface area contributed by atoms with Gasteiger partial charge in [0.05, 0.1) is 10.9 Å². The molecule has 0 bridgehead atoms. The Morgan fingerprint density at radius 1 is 0.912 bits per heavy atom. The summed E-state index contributed by atoms with van der Waals surface area (Å²) in [5.74, 6) is -3.28. The van der Waals surface area contributed by atoms with E-state index in [1.165, 1.54) is 36.4 Å². The highest BCUT2D eigenvalue weighted by atomic mass is 79.9. The molecule has 1 aromatic heterocycles. The maximum atomic E-state index is 13.8. The molecule has 0 spiro atoms. The lowest BCUT2D eigenvalue weighted by Crippen LogP contribution is -2.15. The summed E-state index contributed by atoms with van der Waals surface area (Å²) >= 11 is 3.26. The number of ether oxygens (including phenoxy) is 2. The van der Waals surface area contributed by atoms with Crippen molar-refractivity contribution in [3.8, 4) is 17.2 Å². The molecule has 0 radical (unpaired) electrons. The van der Waals surface area contributed by atoms with Crippen molar-refractivity contribution >= 4 is 32.9 Å². The molecule has 0 saturated heterocycles. The molecule has 3 aromatic carbocycles.